The number of hydrogen-bond donors (Lipinski definition) is 0. The van der Waals surface area contributed by atoms with E-state index in [-0.39, 0.29) is 11.5 Å². The van der Waals surface area contributed by atoms with Crippen molar-refractivity contribution in [1.82, 2.24) is 0 Å². The number of hydrogen-bond acceptors (Lipinski definition) is 2. The second-order valence-electron chi connectivity index (χ2n) is 6.82. The number of rotatable bonds is 7. The molecule has 132 valence electrons. The van der Waals surface area contributed by atoms with Crippen molar-refractivity contribution < 1.29 is 18.3 Å². The van der Waals surface area contributed by atoms with E-state index < -0.39 is 11.6 Å². The average molecular weight is 336 g/mol. The standard InChI is InChI=1S/C20H26F2O2/c1-3-5-13-6-8-16-14(7-9-15(13)16)12-24-18-11-10-17(23-4-2)19(21)20(18)22/h7,10-11,13,15-16H,3-6,8-9,12H2,1-2H3. The van der Waals surface area contributed by atoms with Crippen molar-refractivity contribution in [3.05, 3.63) is 35.4 Å². The van der Waals surface area contributed by atoms with Crippen molar-refractivity contribution in [2.75, 3.05) is 13.2 Å². The minimum absolute atomic E-state index is 0.0385. The van der Waals surface area contributed by atoms with Gasteiger partial charge in [0.05, 0.1) is 6.61 Å². The third kappa shape index (κ3) is 3.28. The summed E-state index contributed by atoms with van der Waals surface area (Å²) >= 11 is 0. The summed E-state index contributed by atoms with van der Waals surface area (Å²) in [7, 11) is 0. The van der Waals surface area contributed by atoms with E-state index in [4.69, 9.17) is 9.47 Å². The zero-order valence-electron chi connectivity index (χ0n) is 14.5. The quantitative estimate of drug-likeness (QED) is 0.611. The third-order valence-corrected chi connectivity index (χ3v) is 5.46. The Balaban J connectivity index is 1.62. The molecule has 3 rings (SSSR count). The molecule has 0 bridgehead atoms. The minimum atomic E-state index is -0.975. The molecule has 0 amide bonds. The van der Waals surface area contributed by atoms with Gasteiger partial charge in [-0.2, -0.15) is 8.78 Å². The van der Waals surface area contributed by atoms with Crippen LogP contribution in [0.2, 0.25) is 0 Å². The van der Waals surface area contributed by atoms with E-state index in [1.54, 1.807) is 6.92 Å². The Kier molecular flexibility index (Phi) is 5.42. The summed E-state index contributed by atoms with van der Waals surface area (Å²) in [5, 5.41) is 0. The summed E-state index contributed by atoms with van der Waals surface area (Å²) < 4.78 is 38.7. The van der Waals surface area contributed by atoms with E-state index in [1.807, 2.05) is 0 Å². The second kappa shape index (κ2) is 7.54. The van der Waals surface area contributed by atoms with Gasteiger partial charge in [0.25, 0.3) is 0 Å². The molecule has 1 saturated carbocycles. The Bertz CT molecular complexity index is 612. The lowest BCUT2D eigenvalue weighted by atomic mass is 9.87. The third-order valence-electron chi connectivity index (χ3n) is 5.46. The molecule has 2 aliphatic carbocycles. The molecule has 0 radical (unpaired) electrons. The topological polar surface area (TPSA) is 18.5 Å². The molecule has 0 saturated heterocycles. The van der Waals surface area contributed by atoms with Crippen molar-refractivity contribution in [1.29, 1.82) is 0 Å². The molecule has 0 heterocycles. The van der Waals surface area contributed by atoms with Crippen LogP contribution in [-0.4, -0.2) is 13.2 Å². The summed E-state index contributed by atoms with van der Waals surface area (Å²) in [5.74, 6) is 0.0583. The predicted molar refractivity (Wildman–Crippen MR) is 90.3 cm³/mol. The Morgan fingerprint density at radius 1 is 1.04 bits per heavy atom. The summed E-state index contributed by atoms with van der Waals surface area (Å²) in [6, 6.07) is 2.88. The van der Waals surface area contributed by atoms with Crippen LogP contribution >= 0.6 is 0 Å². The maximum Gasteiger partial charge on any atom is 0.204 e. The number of allylic oxidation sites excluding steroid dienone is 1. The van der Waals surface area contributed by atoms with E-state index in [0.29, 0.717) is 19.1 Å². The van der Waals surface area contributed by atoms with Gasteiger partial charge in [-0.1, -0.05) is 25.8 Å². The Morgan fingerprint density at radius 3 is 2.42 bits per heavy atom. The van der Waals surface area contributed by atoms with E-state index in [9.17, 15) is 8.78 Å². The summed E-state index contributed by atoms with van der Waals surface area (Å²) in [6.07, 6.45) is 8.36. The van der Waals surface area contributed by atoms with Crippen LogP contribution in [0, 0.1) is 29.4 Å². The molecule has 4 heteroatoms. The molecule has 1 aromatic rings. The van der Waals surface area contributed by atoms with Crippen molar-refractivity contribution in [3.63, 3.8) is 0 Å². The number of halogens is 2. The monoisotopic (exact) mass is 336 g/mol. The lowest BCUT2D eigenvalue weighted by Crippen LogP contribution is -2.14. The van der Waals surface area contributed by atoms with Gasteiger partial charge in [0.1, 0.15) is 6.61 Å². The lowest BCUT2D eigenvalue weighted by molar-refractivity contribution is 0.284. The molecule has 2 nitrogen and oxygen atoms in total. The van der Waals surface area contributed by atoms with Crippen molar-refractivity contribution in [2.24, 2.45) is 17.8 Å². The lowest BCUT2D eigenvalue weighted by Gasteiger charge is -2.20. The maximum atomic E-state index is 14.1. The van der Waals surface area contributed by atoms with Crippen LogP contribution in [0.1, 0.15) is 46.0 Å². The van der Waals surface area contributed by atoms with E-state index in [1.165, 1.54) is 43.4 Å². The van der Waals surface area contributed by atoms with Gasteiger partial charge in [-0.25, -0.2) is 0 Å². The molecule has 3 atom stereocenters. The van der Waals surface area contributed by atoms with Gasteiger partial charge in [-0.05, 0) is 61.6 Å². The van der Waals surface area contributed by atoms with Crippen LogP contribution in [0.5, 0.6) is 11.5 Å². The fourth-order valence-electron chi connectivity index (χ4n) is 4.35. The number of ether oxygens (including phenoxy) is 2. The summed E-state index contributed by atoms with van der Waals surface area (Å²) in [4.78, 5) is 0. The maximum absolute atomic E-state index is 14.1. The first-order chi connectivity index (χ1) is 11.7. The highest BCUT2D eigenvalue weighted by molar-refractivity contribution is 5.35. The van der Waals surface area contributed by atoms with Gasteiger partial charge < -0.3 is 9.47 Å². The predicted octanol–water partition coefficient (Wildman–Crippen LogP) is 5.51. The Labute approximate surface area is 142 Å². The van der Waals surface area contributed by atoms with Gasteiger partial charge in [0.15, 0.2) is 11.5 Å². The highest BCUT2D eigenvalue weighted by Gasteiger charge is 2.40. The first-order valence-electron chi connectivity index (χ1n) is 9.08. The minimum Gasteiger partial charge on any atom is -0.491 e. The van der Waals surface area contributed by atoms with Crippen molar-refractivity contribution >= 4 is 0 Å². The van der Waals surface area contributed by atoms with Gasteiger partial charge in [-0.15, -0.1) is 0 Å². The van der Waals surface area contributed by atoms with Gasteiger partial charge in [0, 0.05) is 0 Å². The van der Waals surface area contributed by atoms with Crippen LogP contribution in [-0.2, 0) is 0 Å². The zero-order chi connectivity index (χ0) is 17.1. The molecule has 0 aromatic heterocycles. The second-order valence-corrected chi connectivity index (χ2v) is 6.82. The zero-order valence-corrected chi connectivity index (χ0v) is 14.5. The molecular weight excluding hydrogens is 310 g/mol. The molecular formula is C20H26F2O2. The number of benzene rings is 1. The summed E-state index contributed by atoms with van der Waals surface area (Å²) in [6.45, 7) is 4.62. The Hall–Kier alpha value is -1.58. The van der Waals surface area contributed by atoms with Crippen LogP contribution < -0.4 is 9.47 Å². The van der Waals surface area contributed by atoms with E-state index in [2.05, 4.69) is 13.0 Å². The molecule has 1 aromatic carbocycles. The highest BCUT2D eigenvalue weighted by Crippen LogP contribution is 2.49. The highest BCUT2D eigenvalue weighted by atomic mass is 19.2. The molecule has 0 spiro atoms. The van der Waals surface area contributed by atoms with Crippen molar-refractivity contribution in [2.45, 2.75) is 46.0 Å². The molecule has 0 N–H and O–H groups in total. The molecule has 24 heavy (non-hydrogen) atoms. The van der Waals surface area contributed by atoms with E-state index >= 15 is 0 Å². The molecule has 2 aliphatic rings. The van der Waals surface area contributed by atoms with Gasteiger partial charge in [-0.3, -0.25) is 0 Å². The number of fused-ring (bicyclic) bond motifs is 1. The molecule has 3 unspecified atom stereocenters. The van der Waals surface area contributed by atoms with Crippen LogP contribution in [0.4, 0.5) is 8.78 Å². The molecule has 0 aliphatic heterocycles. The first kappa shape index (κ1) is 17.2. The van der Waals surface area contributed by atoms with Gasteiger partial charge >= 0.3 is 0 Å². The Morgan fingerprint density at radius 2 is 1.75 bits per heavy atom. The van der Waals surface area contributed by atoms with E-state index in [0.717, 1.165) is 18.3 Å². The summed E-state index contributed by atoms with van der Waals surface area (Å²) in [5.41, 5.74) is 1.26. The van der Waals surface area contributed by atoms with Gasteiger partial charge in [0.2, 0.25) is 11.6 Å². The largest absolute Gasteiger partial charge is 0.491 e. The van der Waals surface area contributed by atoms with Crippen LogP contribution in [0.3, 0.4) is 0 Å². The molecule has 1 fully saturated rings. The fourth-order valence-corrected chi connectivity index (χ4v) is 4.35. The van der Waals surface area contributed by atoms with Crippen molar-refractivity contribution in [3.8, 4) is 11.5 Å². The SMILES string of the molecule is CCCC1CCC2C(COc3ccc(OCC)c(F)c3F)=CCC12. The van der Waals surface area contributed by atoms with Crippen LogP contribution in [0.15, 0.2) is 23.8 Å². The normalized spacial score (nSPS) is 25.5. The fraction of sp³-hybridized carbons (Fsp3) is 0.600. The first-order valence-corrected chi connectivity index (χ1v) is 9.08. The smallest absolute Gasteiger partial charge is 0.204 e. The average Bonchev–Trinajstić information content (AvgIpc) is 3.15. The van der Waals surface area contributed by atoms with Crippen LogP contribution in [0.25, 0.3) is 0 Å².